The molecule has 2 aromatic rings. The quantitative estimate of drug-likeness (QED) is 0.666. The van der Waals surface area contributed by atoms with Crippen LogP contribution in [0.4, 0.5) is 11.7 Å². The number of aromatic nitrogens is 2. The number of rotatable bonds is 5. The van der Waals surface area contributed by atoms with Crippen molar-refractivity contribution in [3.8, 4) is 0 Å². The van der Waals surface area contributed by atoms with Crippen molar-refractivity contribution in [2.24, 2.45) is 0 Å². The lowest BCUT2D eigenvalue weighted by Gasteiger charge is -2.03. The zero-order chi connectivity index (χ0) is 14.7. The number of nitrogens with zero attached hydrogens (tertiary/aromatic N) is 3. The molecule has 0 saturated carbocycles. The van der Waals surface area contributed by atoms with Crippen molar-refractivity contribution in [1.29, 1.82) is 0 Å². The summed E-state index contributed by atoms with van der Waals surface area (Å²) in [6, 6.07) is 6.61. The first kappa shape index (κ1) is 13.5. The predicted molar refractivity (Wildman–Crippen MR) is 72.6 cm³/mol. The van der Waals surface area contributed by atoms with Gasteiger partial charge >= 0.3 is 6.01 Å². The molecule has 21 heavy (non-hydrogen) atoms. The van der Waals surface area contributed by atoms with E-state index in [9.17, 15) is 10.1 Å². The molecule has 3 rings (SSSR count). The molecule has 8 nitrogen and oxygen atoms in total. The highest BCUT2D eigenvalue weighted by atomic mass is 16.6. The Morgan fingerprint density at radius 3 is 2.81 bits per heavy atom. The molecule has 1 atom stereocenters. The summed E-state index contributed by atoms with van der Waals surface area (Å²) in [6.45, 7) is 1.17. The van der Waals surface area contributed by atoms with Crippen molar-refractivity contribution >= 4 is 11.7 Å². The second-order valence-electron chi connectivity index (χ2n) is 4.72. The van der Waals surface area contributed by atoms with Gasteiger partial charge in [0.25, 0.3) is 5.69 Å². The minimum Gasteiger partial charge on any atom is -0.405 e. The Balaban J connectivity index is 1.58. The largest absolute Gasteiger partial charge is 0.405 e. The topological polar surface area (TPSA) is 103 Å². The van der Waals surface area contributed by atoms with Crippen molar-refractivity contribution in [3.05, 3.63) is 45.8 Å². The van der Waals surface area contributed by atoms with E-state index >= 15 is 0 Å². The lowest BCUT2D eigenvalue weighted by Crippen LogP contribution is -1.99. The third kappa shape index (κ3) is 3.16. The molecule has 8 heteroatoms. The van der Waals surface area contributed by atoms with Gasteiger partial charge in [0, 0.05) is 25.3 Å². The van der Waals surface area contributed by atoms with E-state index in [1.807, 2.05) is 0 Å². The normalized spacial score (nSPS) is 17.8. The standard InChI is InChI=1S/C13H14N4O4/c18-17(19)10-5-3-9(4-6-10)8-14-13-16-15-12(21-13)11-2-1-7-20-11/h3-6,11H,1-2,7-8H2,(H,14,16)/t11-/m0/s1. The Morgan fingerprint density at radius 1 is 1.33 bits per heavy atom. The van der Waals surface area contributed by atoms with Gasteiger partial charge in [0.1, 0.15) is 6.10 Å². The van der Waals surface area contributed by atoms with Crippen LogP contribution < -0.4 is 5.32 Å². The molecular weight excluding hydrogens is 276 g/mol. The second kappa shape index (κ2) is 5.88. The van der Waals surface area contributed by atoms with Crippen molar-refractivity contribution in [1.82, 2.24) is 10.2 Å². The van der Waals surface area contributed by atoms with Crippen molar-refractivity contribution in [3.63, 3.8) is 0 Å². The molecule has 0 radical (unpaired) electrons. The second-order valence-corrected chi connectivity index (χ2v) is 4.72. The Kier molecular flexibility index (Phi) is 3.78. The smallest absolute Gasteiger partial charge is 0.315 e. The molecule has 2 heterocycles. The fourth-order valence-electron chi connectivity index (χ4n) is 2.12. The van der Waals surface area contributed by atoms with E-state index < -0.39 is 4.92 Å². The third-order valence-electron chi connectivity index (χ3n) is 3.24. The highest BCUT2D eigenvalue weighted by Gasteiger charge is 2.23. The van der Waals surface area contributed by atoms with Gasteiger partial charge in [-0.1, -0.05) is 17.2 Å². The number of ether oxygens (including phenoxy) is 1. The highest BCUT2D eigenvalue weighted by Crippen LogP contribution is 2.28. The number of hydrogen-bond acceptors (Lipinski definition) is 7. The molecule has 1 aliphatic heterocycles. The van der Waals surface area contributed by atoms with Crippen LogP contribution in [-0.2, 0) is 11.3 Å². The average Bonchev–Trinajstić information content (AvgIpc) is 3.16. The van der Waals surface area contributed by atoms with Crippen LogP contribution in [0, 0.1) is 10.1 Å². The molecular formula is C13H14N4O4. The number of nitrogens with one attached hydrogen (secondary N) is 1. The molecule has 0 spiro atoms. The van der Waals surface area contributed by atoms with Gasteiger partial charge in [-0.15, -0.1) is 5.10 Å². The summed E-state index contributed by atoms with van der Waals surface area (Å²) < 4.78 is 10.9. The Bertz CT molecular complexity index is 619. The van der Waals surface area contributed by atoms with Crippen molar-refractivity contribution < 1.29 is 14.1 Å². The number of hydrogen-bond donors (Lipinski definition) is 1. The number of non-ortho nitro benzene ring substituents is 1. The maximum atomic E-state index is 10.6. The molecule has 1 N–H and O–H groups in total. The minimum atomic E-state index is -0.427. The third-order valence-corrected chi connectivity index (χ3v) is 3.24. The lowest BCUT2D eigenvalue weighted by atomic mass is 10.2. The predicted octanol–water partition coefficient (Wildman–Crippen LogP) is 2.44. The summed E-state index contributed by atoms with van der Waals surface area (Å²) in [6.07, 6.45) is 1.79. The summed E-state index contributed by atoms with van der Waals surface area (Å²) in [4.78, 5) is 10.1. The van der Waals surface area contributed by atoms with Crippen LogP contribution in [0.15, 0.2) is 28.7 Å². The van der Waals surface area contributed by atoms with Crippen LogP contribution in [0.2, 0.25) is 0 Å². The highest BCUT2D eigenvalue weighted by molar-refractivity contribution is 5.34. The van der Waals surface area contributed by atoms with Gasteiger partial charge in [-0.3, -0.25) is 10.1 Å². The molecule has 0 aliphatic carbocycles. The van der Waals surface area contributed by atoms with Crippen LogP contribution in [0.5, 0.6) is 0 Å². The van der Waals surface area contributed by atoms with Crippen molar-refractivity contribution in [2.75, 3.05) is 11.9 Å². The molecule has 1 saturated heterocycles. The Hall–Kier alpha value is -2.48. The van der Waals surface area contributed by atoms with Crippen LogP contribution in [0.1, 0.15) is 30.4 Å². The SMILES string of the molecule is O=[N+]([O-])c1ccc(CNc2nnc([C@@H]3CCCO3)o2)cc1. The van der Waals surface area contributed by atoms with Crippen LogP contribution >= 0.6 is 0 Å². The molecule has 1 aromatic carbocycles. The van der Waals surface area contributed by atoms with Gasteiger partial charge in [-0.25, -0.2) is 0 Å². The Labute approximate surface area is 120 Å². The first-order chi connectivity index (χ1) is 10.2. The molecule has 0 unspecified atom stereocenters. The number of benzene rings is 1. The van der Waals surface area contributed by atoms with E-state index in [2.05, 4.69) is 15.5 Å². The molecule has 1 aliphatic rings. The van der Waals surface area contributed by atoms with E-state index in [1.165, 1.54) is 12.1 Å². The summed E-state index contributed by atoms with van der Waals surface area (Å²) >= 11 is 0. The zero-order valence-corrected chi connectivity index (χ0v) is 11.2. The molecule has 110 valence electrons. The van der Waals surface area contributed by atoms with Gasteiger partial charge in [-0.2, -0.15) is 0 Å². The maximum Gasteiger partial charge on any atom is 0.315 e. The first-order valence-corrected chi connectivity index (χ1v) is 6.64. The number of nitro benzene ring substituents is 1. The van der Waals surface area contributed by atoms with Gasteiger partial charge in [0.2, 0.25) is 5.89 Å². The van der Waals surface area contributed by atoms with E-state index in [0.29, 0.717) is 18.5 Å². The summed E-state index contributed by atoms with van der Waals surface area (Å²) in [5.74, 6) is 0.485. The molecule has 0 bridgehead atoms. The van der Waals surface area contributed by atoms with Gasteiger partial charge < -0.3 is 14.5 Å². The van der Waals surface area contributed by atoms with Crippen molar-refractivity contribution in [2.45, 2.75) is 25.5 Å². The minimum absolute atomic E-state index is 0.0669. The molecule has 0 amide bonds. The first-order valence-electron chi connectivity index (χ1n) is 6.64. The van der Waals surface area contributed by atoms with Gasteiger partial charge in [0.05, 0.1) is 4.92 Å². The monoisotopic (exact) mass is 290 g/mol. The van der Waals surface area contributed by atoms with E-state index in [0.717, 1.165) is 25.0 Å². The van der Waals surface area contributed by atoms with Gasteiger partial charge in [0.15, 0.2) is 0 Å². The fourth-order valence-corrected chi connectivity index (χ4v) is 2.12. The molecule has 1 aromatic heterocycles. The van der Waals surface area contributed by atoms with E-state index in [-0.39, 0.29) is 11.8 Å². The van der Waals surface area contributed by atoms with Crippen LogP contribution in [0.25, 0.3) is 0 Å². The fraction of sp³-hybridized carbons (Fsp3) is 0.385. The summed E-state index contributed by atoms with van der Waals surface area (Å²) in [5.41, 5.74) is 0.953. The number of nitro groups is 1. The lowest BCUT2D eigenvalue weighted by molar-refractivity contribution is -0.384. The maximum absolute atomic E-state index is 10.6. The Morgan fingerprint density at radius 2 is 2.14 bits per heavy atom. The summed E-state index contributed by atoms with van der Waals surface area (Å²) in [7, 11) is 0. The van der Waals surface area contributed by atoms with Gasteiger partial charge in [-0.05, 0) is 18.4 Å². The van der Waals surface area contributed by atoms with Crippen LogP contribution in [-0.4, -0.2) is 21.7 Å². The van der Waals surface area contributed by atoms with E-state index in [4.69, 9.17) is 9.15 Å². The van der Waals surface area contributed by atoms with Crippen LogP contribution in [0.3, 0.4) is 0 Å². The summed E-state index contributed by atoms with van der Waals surface area (Å²) in [5, 5.41) is 21.4. The zero-order valence-electron chi connectivity index (χ0n) is 11.2. The van der Waals surface area contributed by atoms with E-state index in [1.54, 1.807) is 12.1 Å². The average molecular weight is 290 g/mol. The number of anilines is 1. The molecule has 1 fully saturated rings.